The summed E-state index contributed by atoms with van der Waals surface area (Å²) in [5, 5.41) is 36.8. The van der Waals surface area contributed by atoms with Gasteiger partial charge in [0.1, 0.15) is 36.2 Å². The second-order valence-electron chi connectivity index (χ2n) is 4.50. The molecule has 0 saturated carbocycles. The molecule has 0 aliphatic carbocycles. The molecule has 0 heterocycles. The Morgan fingerprint density at radius 1 is 1.14 bits per heavy atom. The number of ether oxygens (including phenoxy) is 2. The average molecular weight is 314 g/mol. The van der Waals surface area contributed by atoms with E-state index in [4.69, 9.17) is 19.7 Å². The summed E-state index contributed by atoms with van der Waals surface area (Å²) in [7, 11) is 0. The molecule has 4 N–H and O–H groups in total. The van der Waals surface area contributed by atoms with Gasteiger partial charge in [-0.15, -0.1) is 0 Å². The van der Waals surface area contributed by atoms with Crippen LogP contribution in [0.1, 0.15) is 17.3 Å². The zero-order valence-electron chi connectivity index (χ0n) is 11.9. The predicted octanol–water partition coefficient (Wildman–Crippen LogP) is -1.16. The molecule has 0 saturated heterocycles. The van der Waals surface area contributed by atoms with Crippen LogP contribution in [0.25, 0.3) is 0 Å². The van der Waals surface area contributed by atoms with Crippen molar-refractivity contribution in [1.29, 1.82) is 0 Å². The minimum absolute atomic E-state index is 0.00503. The van der Waals surface area contributed by atoms with Crippen LogP contribution in [-0.4, -0.2) is 63.9 Å². The SMILES string of the molecule is CC(=O)Oc1ccccc1C(=O)OC[C@H](O)[C@@H](O)[C@H](O)CO. The molecule has 0 bridgehead atoms. The summed E-state index contributed by atoms with van der Waals surface area (Å²) in [5.74, 6) is -1.48. The first-order valence-electron chi connectivity index (χ1n) is 6.46. The van der Waals surface area contributed by atoms with E-state index in [1.807, 2.05) is 0 Å². The molecule has 8 heteroatoms. The van der Waals surface area contributed by atoms with E-state index in [0.29, 0.717) is 0 Å². The quantitative estimate of drug-likeness (QED) is 0.366. The number of esters is 2. The van der Waals surface area contributed by atoms with Gasteiger partial charge in [0.2, 0.25) is 0 Å². The van der Waals surface area contributed by atoms with Gasteiger partial charge in [0.15, 0.2) is 0 Å². The summed E-state index contributed by atoms with van der Waals surface area (Å²) in [6, 6.07) is 5.86. The van der Waals surface area contributed by atoms with Gasteiger partial charge in [0.25, 0.3) is 0 Å². The molecule has 0 aliphatic rings. The van der Waals surface area contributed by atoms with Crippen LogP contribution >= 0.6 is 0 Å². The largest absolute Gasteiger partial charge is 0.459 e. The third-order valence-corrected chi connectivity index (χ3v) is 2.72. The highest BCUT2D eigenvalue weighted by atomic mass is 16.6. The van der Waals surface area contributed by atoms with Crippen LogP contribution in [-0.2, 0) is 9.53 Å². The van der Waals surface area contributed by atoms with E-state index in [1.54, 1.807) is 6.07 Å². The Bertz CT molecular complexity index is 515. The Morgan fingerprint density at radius 3 is 2.36 bits per heavy atom. The highest BCUT2D eigenvalue weighted by Gasteiger charge is 2.26. The van der Waals surface area contributed by atoms with Gasteiger partial charge in [-0.1, -0.05) is 12.1 Å². The van der Waals surface area contributed by atoms with Crippen molar-refractivity contribution in [3.05, 3.63) is 29.8 Å². The van der Waals surface area contributed by atoms with E-state index in [0.717, 1.165) is 0 Å². The summed E-state index contributed by atoms with van der Waals surface area (Å²) in [4.78, 5) is 22.8. The lowest BCUT2D eigenvalue weighted by atomic mass is 10.1. The maximum Gasteiger partial charge on any atom is 0.342 e. The van der Waals surface area contributed by atoms with Crippen molar-refractivity contribution >= 4 is 11.9 Å². The lowest BCUT2D eigenvalue weighted by molar-refractivity contribution is -0.131. The van der Waals surface area contributed by atoms with Crippen molar-refractivity contribution in [3.63, 3.8) is 0 Å². The van der Waals surface area contributed by atoms with Gasteiger partial charge in [-0.25, -0.2) is 4.79 Å². The highest BCUT2D eigenvalue weighted by molar-refractivity contribution is 5.93. The maximum absolute atomic E-state index is 11.9. The van der Waals surface area contributed by atoms with Gasteiger partial charge in [-0.2, -0.15) is 0 Å². The second-order valence-corrected chi connectivity index (χ2v) is 4.50. The summed E-state index contributed by atoms with van der Waals surface area (Å²) in [5.41, 5.74) is -0.0258. The number of aliphatic hydroxyl groups excluding tert-OH is 4. The van der Waals surface area contributed by atoms with Crippen molar-refractivity contribution in [2.45, 2.75) is 25.2 Å². The molecule has 22 heavy (non-hydrogen) atoms. The Morgan fingerprint density at radius 2 is 1.77 bits per heavy atom. The standard InChI is InChI=1S/C14H18O8/c1-8(16)22-12-5-3-2-4-9(12)14(20)21-7-11(18)13(19)10(17)6-15/h2-5,10-11,13,15,17-19H,6-7H2,1H3/t10-,11+,13+/m1/s1. The lowest BCUT2D eigenvalue weighted by Gasteiger charge is -2.21. The molecular formula is C14H18O8. The number of benzene rings is 1. The molecule has 0 fully saturated rings. The van der Waals surface area contributed by atoms with E-state index in [2.05, 4.69) is 0 Å². The molecule has 8 nitrogen and oxygen atoms in total. The smallest absolute Gasteiger partial charge is 0.342 e. The fourth-order valence-electron chi connectivity index (χ4n) is 1.58. The van der Waals surface area contributed by atoms with Crippen LogP contribution in [0.15, 0.2) is 24.3 Å². The van der Waals surface area contributed by atoms with E-state index in [-0.39, 0.29) is 11.3 Å². The molecule has 0 spiro atoms. The lowest BCUT2D eigenvalue weighted by Crippen LogP contribution is -2.42. The van der Waals surface area contributed by atoms with E-state index < -0.39 is 43.5 Å². The number of hydrogen-bond donors (Lipinski definition) is 4. The molecule has 1 aromatic carbocycles. The average Bonchev–Trinajstić information content (AvgIpc) is 2.50. The van der Waals surface area contributed by atoms with Gasteiger partial charge >= 0.3 is 11.9 Å². The van der Waals surface area contributed by atoms with Crippen molar-refractivity contribution < 1.29 is 39.5 Å². The molecule has 0 unspecified atom stereocenters. The third-order valence-electron chi connectivity index (χ3n) is 2.72. The van der Waals surface area contributed by atoms with Crippen LogP contribution in [0.2, 0.25) is 0 Å². The summed E-state index contributed by atoms with van der Waals surface area (Å²) in [6.45, 7) is -0.175. The fraction of sp³-hybridized carbons (Fsp3) is 0.429. The van der Waals surface area contributed by atoms with E-state index >= 15 is 0 Å². The van der Waals surface area contributed by atoms with Crippen molar-refractivity contribution in [2.24, 2.45) is 0 Å². The Hall–Kier alpha value is -2.00. The first-order chi connectivity index (χ1) is 10.4. The van der Waals surface area contributed by atoms with Crippen molar-refractivity contribution in [2.75, 3.05) is 13.2 Å². The number of hydrogen-bond acceptors (Lipinski definition) is 8. The molecule has 3 atom stereocenters. The minimum Gasteiger partial charge on any atom is -0.459 e. The van der Waals surface area contributed by atoms with Crippen LogP contribution < -0.4 is 4.74 Å². The third kappa shape index (κ3) is 5.08. The highest BCUT2D eigenvalue weighted by Crippen LogP contribution is 2.19. The topological polar surface area (TPSA) is 134 Å². The molecular weight excluding hydrogens is 296 g/mol. The Kier molecular flexibility index (Phi) is 6.93. The monoisotopic (exact) mass is 314 g/mol. The van der Waals surface area contributed by atoms with Crippen LogP contribution in [0.4, 0.5) is 0 Å². The molecule has 122 valence electrons. The van der Waals surface area contributed by atoms with E-state index in [1.165, 1.54) is 25.1 Å². The van der Waals surface area contributed by atoms with Crippen molar-refractivity contribution in [3.8, 4) is 5.75 Å². The van der Waals surface area contributed by atoms with Crippen molar-refractivity contribution in [1.82, 2.24) is 0 Å². The summed E-state index contributed by atoms with van der Waals surface area (Å²) >= 11 is 0. The fourth-order valence-corrected chi connectivity index (χ4v) is 1.58. The van der Waals surface area contributed by atoms with Crippen LogP contribution in [0.5, 0.6) is 5.75 Å². The number of carbonyl (C=O) groups excluding carboxylic acids is 2. The normalized spacial score (nSPS) is 14.8. The zero-order valence-corrected chi connectivity index (χ0v) is 11.9. The number of carbonyl (C=O) groups is 2. The van der Waals surface area contributed by atoms with Crippen LogP contribution in [0.3, 0.4) is 0 Å². The number of para-hydroxylation sites is 1. The van der Waals surface area contributed by atoms with Gasteiger partial charge < -0.3 is 29.9 Å². The maximum atomic E-state index is 11.9. The van der Waals surface area contributed by atoms with Crippen LogP contribution in [0, 0.1) is 0 Å². The number of aliphatic hydroxyl groups is 4. The molecule has 1 rings (SSSR count). The molecule has 0 aromatic heterocycles. The zero-order chi connectivity index (χ0) is 16.7. The molecule has 0 radical (unpaired) electrons. The van der Waals surface area contributed by atoms with Gasteiger partial charge in [0, 0.05) is 6.92 Å². The first-order valence-corrected chi connectivity index (χ1v) is 6.46. The summed E-state index contributed by atoms with van der Waals surface area (Å²) < 4.78 is 9.65. The van der Waals surface area contributed by atoms with Gasteiger partial charge in [-0.3, -0.25) is 4.79 Å². The van der Waals surface area contributed by atoms with Gasteiger partial charge in [0.05, 0.1) is 6.61 Å². The number of rotatable bonds is 7. The van der Waals surface area contributed by atoms with Gasteiger partial charge in [-0.05, 0) is 12.1 Å². The summed E-state index contributed by atoms with van der Waals surface area (Å²) in [6.07, 6.45) is -4.80. The second kappa shape index (κ2) is 8.44. The Labute approximate surface area is 126 Å². The molecule has 1 aromatic rings. The molecule has 0 amide bonds. The first kappa shape index (κ1) is 18.1. The minimum atomic E-state index is -1.67. The van der Waals surface area contributed by atoms with E-state index in [9.17, 15) is 19.8 Å². The predicted molar refractivity (Wildman–Crippen MR) is 73.1 cm³/mol. The molecule has 0 aliphatic heterocycles. The Balaban J connectivity index is 2.68.